The highest BCUT2D eigenvalue weighted by atomic mass is 16.6. The highest BCUT2D eigenvalue weighted by molar-refractivity contribution is 6.12. The molecule has 0 atom stereocenters. The van der Waals surface area contributed by atoms with Crippen LogP contribution in [0.15, 0.2) is 66.7 Å². The summed E-state index contributed by atoms with van der Waals surface area (Å²) in [5.74, 6) is -0.121. The number of hydrogen-bond acceptors (Lipinski definition) is 3. The monoisotopic (exact) mass is 382 g/mol. The molecule has 0 fully saturated rings. The van der Waals surface area contributed by atoms with Gasteiger partial charge < -0.3 is 5.73 Å². The molecule has 0 heterocycles. The third kappa shape index (κ3) is 2.53. The molecule has 1 aliphatic carbocycles. The van der Waals surface area contributed by atoms with Gasteiger partial charge >= 0.3 is 0 Å². The second-order valence-electron chi connectivity index (χ2n) is 7.21. The summed E-state index contributed by atoms with van der Waals surface area (Å²) in [6, 6.07) is 20.7. The van der Waals surface area contributed by atoms with E-state index < -0.39 is 0 Å². The summed E-state index contributed by atoms with van der Waals surface area (Å²) in [5, 5.41) is 23.4. The topological polar surface area (TPSA) is 96.2 Å². The maximum Gasteiger partial charge on any atom is 0.277 e. The molecular formula is C23H18N4O2. The lowest BCUT2D eigenvalue weighted by Crippen LogP contribution is -2.33. The fourth-order valence-corrected chi connectivity index (χ4v) is 4.47. The minimum absolute atomic E-state index is 0.0400. The van der Waals surface area contributed by atoms with Crippen LogP contribution in [-0.4, -0.2) is 10.9 Å². The van der Waals surface area contributed by atoms with E-state index >= 15 is 0 Å². The molecule has 5 rings (SSSR count). The van der Waals surface area contributed by atoms with Crippen molar-refractivity contribution in [3.8, 4) is 0 Å². The maximum atomic E-state index is 11.5. The van der Waals surface area contributed by atoms with Crippen LogP contribution < -0.4 is 10.6 Å². The molecule has 0 unspecified atom stereocenters. The first-order valence-electron chi connectivity index (χ1n) is 9.40. The smallest absolute Gasteiger partial charge is 0.277 e. The first kappa shape index (κ1) is 17.2. The Morgan fingerprint density at radius 2 is 1.69 bits per heavy atom. The predicted molar refractivity (Wildman–Crippen MR) is 116 cm³/mol. The molecule has 0 spiro atoms. The van der Waals surface area contributed by atoms with Crippen LogP contribution in [0, 0.1) is 15.5 Å². The van der Waals surface area contributed by atoms with Crippen LogP contribution in [0.4, 0.5) is 17.1 Å². The lowest BCUT2D eigenvalue weighted by Gasteiger charge is -2.26. The van der Waals surface area contributed by atoms with Crippen molar-refractivity contribution in [2.45, 2.75) is 12.8 Å². The number of nitrogens with two attached hydrogens (primary N) is 1. The highest BCUT2D eigenvalue weighted by Gasteiger charge is 2.25. The number of non-ortho nitro benzene ring substituents is 1. The van der Waals surface area contributed by atoms with Gasteiger partial charge in [0, 0.05) is 11.5 Å². The van der Waals surface area contributed by atoms with E-state index in [2.05, 4.69) is 18.2 Å². The molecule has 0 saturated heterocycles. The van der Waals surface area contributed by atoms with Gasteiger partial charge in [-0.25, -0.2) is 0 Å². The van der Waals surface area contributed by atoms with Gasteiger partial charge in [0.05, 0.1) is 21.7 Å². The molecule has 4 aromatic rings. The number of rotatable bonds is 3. The lowest BCUT2D eigenvalue weighted by molar-refractivity contribution is -0.383. The standard InChI is InChI=1S/C23H18N4O2/c24-23(25)26(19-12-13-21(27(28)29)17-7-2-1-6-16(17)19)20-11-9-15-5-3-4-14-8-10-18(20)22(14)15/h1-7,9,11-13H,8,10H2,(H3,24,25). The van der Waals surface area contributed by atoms with Gasteiger partial charge in [0.25, 0.3) is 5.69 Å². The van der Waals surface area contributed by atoms with Crippen molar-refractivity contribution in [2.24, 2.45) is 5.73 Å². The lowest BCUT2D eigenvalue weighted by atomic mass is 10.0. The Bertz CT molecular complexity index is 1330. The van der Waals surface area contributed by atoms with Gasteiger partial charge in [-0.15, -0.1) is 0 Å². The predicted octanol–water partition coefficient (Wildman–Crippen LogP) is 5.03. The van der Waals surface area contributed by atoms with E-state index in [1.807, 2.05) is 24.3 Å². The number of hydrogen-bond donors (Lipinski definition) is 2. The third-order valence-electron chi connectivity index (χ3n) is 5.66. The third-order valence-corrected chi connectivity index (χ3v) is 5.66. The second kappa shape index (κ2) is 6.31. The van der Waals surface area contributed by atoms with Crippen LogP contribution in [0.2, 0.25) is 0 Å². The van der Waals surface area contributed by atoms with Crippen molar-refractivity contribution in [3.63, 3.8) is 0 Å². The zero-order valence-corrected chi connectivity index (χ0v) is 15.6. The molecule has 0 bridgehead atoms. The second-order valence-corrected chi connectivity index (χ2v) is 7.21. The zero-order valence-electron chi connectivity index (χ0n) is 15.6. The molecule has 3 N–H and O–H groups in total. The number of anilines is 2. The van der Waals surface area contributed by atoms with Crippen molar-refractivity contribution in [2.75, 3.05) is 4.90 Å². The van der Waals surface area contributed by atoms with E-state index in [4.69, 9.17) is 11.1 Å². The summed E-state index contributed by atoms with van der Waals surface area (Å²) in [5.41, 5.74) is 10.1. The first-order chi connectivity index (χ1) is 14.1. The summed E-state index contributed by atoms with van der Waals surface area (Å²) in [4.78, 5) is 12.8. The summed E-state index contributed by atoms with van der Waals surface area (Å²) in [7, 11) is 0. The van der Waals surface area contributed by atoms with Gasteiger partial charge in [0.15, 0.2) is 5.96 Å². The number of guanidine groups is 1. The van der Waals surface area contributed by atoms with E-state index in [-0.39, 0.29) is 16.6 Å². The number of aryl methyl sites for hydroxylation is 2. The number of benzene rings is 4. The Kier molecular flexibility index (Phi) is 3.74. The van der Waals surface area contributed by atoms with Crippen LogP contribution in [0.5, 0.6) is 0 Å². The van der Waals surface area contributed by atoms with Crippen LogP contribution in [0.25, 0.3) is 21.5 Å². The molecule has 142 valence electrons. The fraction of sp³-hybridized carbons (Fsp3) is 0.0870. The molecule has 0 aliphatic heterocycles. The molecule has 6 nitrogen and oxygen atoms in total. The summed E-state index contributed by atoms with van der Waals surface area (Å²) in [6.45, 7) is 0. The average Bonchev–Trinajstić information content (AvgIpc) is 3.15. The molecule has 0 radical (unpaired) electrons. The summed E-state index contributed by atoms with van der Waals surface area (Å²) >= 11 is 0. The quantitative estimate of drug-likeness (QED) is 0.225. The first-order valence-corrected chi connectivity index (χ1v) is 9.40. The molecule has 0 saturated carbocycles. The van der Waals surface area contributed by atoms with E-state index in [1.54, 1.807) is 23.1 Å². The Hall–Kier alpha value is -3.93. The zero-order chi connectivity index (χ0) is 20.1. The maximum absolute atomic E-state index is 11.5. The summed E-state index contributed by atoms with van der Waals surface area (Å²) < 4.78 is 0. The molecule has 29 heavy (non-hydrogen) atoms. The molecular weight excluding hydrogens is 364 g/mol. The van der Waals surface area contributed by atoms with Crippen LogP contribution >= 0.6 is 0 Å². The molecule has 0 aromatic heterocycles. The van der Waals surface area contributed by atoms with E-state index in [9.17, 15) is 10.1 Å². The Labute approximate surface area is 166 Å². The highest BCUT2D eigenvalue weighted by Crippen LogP contribution is 2.42. The molecule has 0 amide bonds. The van der Waals surface area contributed by atoms with Gasteiger partial charge in [0.1, 0.15) is 0 Å². The van der Waals surface area contributed by atoms with Crippen molar-refractivity contribution < 1.29 is 4.92 Å². The minimum Gasteiger partial charge on any atom is -0.369 e. The number of fused-ring (bicyclic) bond motifs is 1. The van der Waals surface area contributed by atoms with Gasteiger partial charge in [-0.2, -0.15) is 0 Å². The largest absolute Gasteiger partial charge is 0.369 e. The molecule has 6 heteroatoms. The van der Waals surface area contributed by atoms with Crippen molar-refractivity contribution >= 4 is 44.6 Å². The number of nitrogens with one attached hydrogen (secondary N) is 1. The van der Waals surface area contributed by atoms with E-state index in [0.29, 0.717) is 16.5 Å². The van der Waals surface area contributed by atoms with Crippen molar-refractivity contribution in [3.05, 3.63) is 88.0 Å². The molecule has 1 aliphatic rings. The van der Waals surface area contributed by atoms with E-state index in [1.165, 1.54) is 22.4 Å². The van der Waals surface area contributed by atoms with Crippen LogP contribution in [-0.2, 0) is 12.8 Å². The van der Waals surface area contributed by atoms with Gasteiger partial charge in [-0.1, -0.05) is 42.5 Å². The minimum atomic E-state index is -0.383. The SMILES string of the molecule is N=C(N)N(c1ccc2cccc3c2c1CC3)c1ccc([N+](=O)[O-])c2ccccc12. The van der Waals surface area contributed by atoms with Crippen LogP contribution in [0.1, 0.15) is 11.1 Å². The normalized spacial score (nSPS) is 12.4. The van der Waals surface area contributed by atoms with Gasteiger partial charge in [-0.05, 0) is 52.9 Å². The Morgan fingerprint density at radius 1 is 0.931 bits per heavy atom. The van der Waals surface area contributed by atoms with Crippen molar-refractivity contribution in [1.82, 2.24) is 0 Å². The Balaban J connectivity index is 1.80. The van der Waals surface area contributed by atoms with Crippen molar-refractivity contribution in [1.29, 1.82) is 5.41 Å². The van der Waals surface area contributed by atoms with Gasteiger partial charge in [-0.3, -0.25) is 20.4 Å². The number of nitrogens with zero attached hydrogens (tertiary/aromatic N) is 2. The van der Waals surface area contributed by atoms with Gasteiger partial charge in [0.2, 0.25) is 0 Å². The fourth-order valence-electron chi connectivity index (χ4n) is 4.47. The van der Waals surface area contributed by atoms with Crippen LogP contribution in [0.3, 0.4) is 0 Å². The number of nitro benzene ring substituents is 1. The Morgan fingerprint density at radius 3 is 2.45 bits per heavy atom. The summed E-state index contributed by atoms with van der Waals surface area (Å²) in [6.07, 6.45) is 1.83. The number of nitro groups is 1. The average molecular weight is 382 g/mol. The van der Waals surface area contributed by atoms with E-state index in [0.717, 1.165) is 24.1 Å². The molecule has 4 aromatic carbocycles.